The molecule has 3 unspecified atom stereocenters. The molecule has 10 heteroatoms. The molecule has 0 aliphatic carbocycles. The quantitative estimate of drug-likeness (QED) is 0.0212. The van der Waals surface area contributed by atoms with E-state index >= 15 is 0 Å². The fraction of sp³-hybridized carbons (Fsp3) is 0.765. The van der Waals surface area contributed by atoms with Crippen molar-refractivity contribution in [1.82, 2.24) is 5.32 Å². The maximum absolute atomic E-state index is 13.5. The molecule has 78 heavy (non-hydrogen) atoms. The zero-order chi connectivity index (χ0) is 57.2. The van der Waals surface area contributed by atoms with Crippen molar-refractivity contribution >= 4 is 19.7 Å². The van der Waals surface area contributed by atoms with Gasteiger partial charge in [0.25, 0.3) is 7.82 Å². The summed E-state index contributed by atoms with van der Waals surface area (Å²) < 4.78 is 30.3. The number of phosphoric acid groups is 1. The lowest BCUT2D eigenvalue weighted by Gasteiger charge is -2.30. The number of rotatable bonds is 58. The van der Waals surface area contributed by atoms with E-state index in [4.69, 9.17) is 13.8 Å². The molecule has 0 fully saturated rings. The van der Waals surface area contributed by atoms with Gasteiger partial charge in [0.2, 0.25) is 5.91 Å². The molecular weight excluding hydrogens is 988 g/mol. The number of unbranched alkanes of at least 4 members (excludes halogenated alkanes) is 30. The molecule has 0 aromatic heterocycles. The van der Waals surface area contributed by atoms with Crippen LogP contribution in [-0.2, 0) is 27.9 Å². The Morgan fingerprint density at radius 3 is 1.26 bits per heavy atom. The highest BCUT2D eigenvalue weighted by Crippen LogP contribution is 2.38. The fourth-order valence-corrected chi connectivity index (χ4v) is 9.80. The highest BCUT2D eigenvalue weighted by molar-refractivity contribution is 7.45. The SMILES string of the molecule is CC/C=C\C/C=C\C/C=C\C/C=C\C/C=C\CCCCCCCCCCCCCC(=O)OC(/C=C\CCCCCCCCCCCC)C(COP(=O)([O-])OCC[N+](C)(C)C)NC(=O)CCCCC/C=C\CCCCCCCC. The van der Waals surface area contributed by atoms with E-state index in [0.717, 1.165) is 103 Å². The Balaban J connectivity index is 5.08. The van der Waals surface area contributed by atoms with E-state index < -0.39 is 26.6 Å². The number of likely N-dealkylation sites (N-methyl/N-ethyl adjacent to an activating group) is 1. The molecule has 1 amide bonds. The van der Waals surface area contributed by atoms with Gasteiger partial charge in [-0.1, -0.05) is 254 Å². The molecule has 0 spiro atoms. The van der Waals surface area contributed by atoms with Crippen LogP contribution in [0, 0.1) is 0 Å². The van der Waals surface area contributed by atoms with Crippen molar-refractivity contribution in [2.24, 2.45) is 0 Å². The lowest BCUT2D eigenvalue weighted by molar-refractivity contribution is -0.870. The van der Waals surface area contributed by atoms with Gasteiger partial charge >= 0.3 is 5.97 Å². The average Bonchev–Trinajstić information content (AvgIpc) is 3.40. The minimum Gasteiger partial charge on any atom is -0.756 e. The Morgan fingerprint density at radius 1 is 0.462 bits per heavy atom. The predicted molar refractivity (Wildman–Crippen MR) is 335 cm³/mol. The standard InChI is InChI=1S/C68H123N2O7P/c1-7-10-13-16-19-22-25-28-29-30-31-32-33-34-35-36-37-38-39-40-41-43-46-49-52-55-58-61-68(72)77-66(59-56-53-50-47-44-27-24-21-18-15-12-9-3)65(64-76-78(73,74)75-63-62-70(4,5)6)69-67(71)60-57-54-51-48-45-42-26-23-20-17-14-11-8-2/h10,13,19,22,28-29,31-32,34-35,42,45,56,59,65-66H,7-9,11-12,14-18,20-21,23-27,30,33,36-41,43-44,46-55,57-58,60-64H2,1-6H3,(H-,69,71,73,74)/b13-10-,22-19-,29-28-,32-31-,35-34-,45-42-,59-56-. The Kier molecular flexibility index (Phi) is 55.4. The van der Waals surface area contributed by atoms with Crippen molar-refractivity contribution in [2.75, 3.05) is 40.9 Å². The number of hydrogen-bond donors (Lipinski definition) is 1. The third-order valence-electron chi connectivity index (χ3n) is 14.1. The second-order valence-corrected chi connectivity index (χ2v) is 24.3. The molecule has 452 valence electrons. The van der Waals surface area contributed by atoms with Crippen molar-refractivity contribution in [3.8, 4) is 0 Å². The van der Waals surface area contributed by atoms with Crippen LogP contribution in [0.1, 0.15) is 284 Å². The number of carbonyl (C=O) groups is 2. The van der Waals surface area contributed by atoms with Crippen molar-refractivity contribution < 1.29 is 37.3 Å². The molecule has 3 atom stereocenters. The Labute approximate surface area is 482 Å². The summed E-state index contributed by atoms with van der Waals surface area (Å²) in [6, 6.07) is -0.900. The summed E-state index contributed by atoms with van der Waals surface area (Å²) in [5.74, 6) is -0.562. The van der Waals surface area contributed by atoms with Crippen LogP contribution >= 0.6 is 7.82 Å². The van der Waals surface area contributed by atoms with Gasteiger partial charge in [-0.25, -0.2) is 0 Å². The van der Waals surface area contributed by atoms with Gasteiger partial charge in [-0.05, 0) is 102 Å². The van der Waals surface area contributed by atoms with Crippen LogP contribution in [0.5, 0.6) is 0 Å². The molecule has 0 aromatic carbocycles. The topological polar surface area (TPSA) is 114 Å². The van der Waals surface area contributed by atoms with E-state index in [1.807, 2.05) is 33.3 Å². The van der Waals surface area contributed by atoms with E-state index in [0.29, 0.717) is 23.9 Å². The van der Waals surface area contributed by atoms with Crippen molar-refractivity contribution in [1.29, 1.82) is 0 Å². The van der Waals surface area contributed by atoms with Crippen LogP contribution in [0.15, 0.2) is 85.1 Å². The third-order valence-corrected chi connectivity index (χ3v) is 15.0. The zero-order valence-corrected chi connectivity index (χ0v) is 52.5. The zero-order valence-electron chi connectivity index (χ0n) is 51.6. The number of ether oxygens (including phenoxy) is 1. The summed E-state index contributed by atoms with van der Waals surface area (Å²) in [5, 5.41) is 3.02. The van der Waals surface area contributed by atoms with Gasteiger partial charge in [0.1, 0.15) is 19.3 Å². The number of phosphoric ester groups is 1. The Hall–Kier alpha value is -2.81. The largest absolute Gasteiger partial charge is 0.756 e. The normalized spacial score (nSPS) is 14.2. The maximum Gasteiger partial charge on any atom is 0.306 e. The smallest absolute Gasteiger partial charge is 0.306 e. The lowest BCUT2D eigenvalue weighted by Crippen LogP contribution is -2.47. The Morgan fingerprint density at radius 2 is 0.821 bits per heavy atom. The van der Waals surface area contributed by atoms with Crippen LogP contribution in [0.4, 0.5) is 0 Å². The van der Waals surface area contributed by atoms with E-state index in [9.17, 15) is 19.0 Å². The van der Waals surface area contributed by atoms with Gasteiger partial charge in [-0.2, -0.15) is 0 Å². The van der Waals surface area contributed by atoms with E-state index in [2.05, 4.69) is 99.0 Å². The monoisotopic (exact) mass is 1110 g/mol. The number of quaternary nitrogens is 1. The minimum atomic E-state index is -4.70. The Bertz CT molecular complexity index is 1610. The first-order valence-electron chi connectivity index (χ1n) is 32.4. The third kappa shape index (κ3) is 57.9. The molecule has 1 N–H and O–H groups in total. The molecule has 0 aliphatic rings. The molecule has 0 saturated carbocycles. The van der Waals surface area contributed by atoms with Gasteiger partial charge in [-0.15, -0.1) is 0 Å². The molecule has 0 saturated heterocycles. The van der Waals surface area contributed by atoms with Crippen LogP contribution in [0.3, 0.4) is 0 Å². The average molecular weight is 1110 g/mol. The molecule has 9 nitrogen and oxygen atoms in total. The summed E-state index contributed by atoms with van der Waals surface area (Å²) in [4.78, 5) is 40.0. The van der Waals surface area contributed by atoms with Crippen LogP contribution < -0.4 is 10.2 Å². The molecular formula is C68H123N2O7P. The van der Waals surface area contributed by atoms with Crippen molar-refractivity contribution in [3.63, 3.8) is 0 Å². The van der Waals surface area contributed by atoms with E-state index in [1.165, 1.54) is 141 Å². The van der Waals surface area contributed by atoms with E-state index in [-0.39, 0.29) is 24.9 Å². The molecule has 0 heterocycles. The lowest BCUT2D eigenvalue weighted by atomic mass is 10.0. The van der Waals surface area contributed by atoms with Crippen molar-refractivity contribution in [3.05, 3.63) is 85.1 Å². The number of allylic oxidation sites excluding steroid dienone is 13. The minimum absolute atomic E-state index is 0.0276. The van der Waals surface area contributed by atoms with E-state index in [1.54, 1.807) is 0 Å². The number of esters is 1. The number of amides is 1. The molecule has 0 bridgehead atoms. The highest BCUT2D eigenvalue weighted by Gasteiger charge is 2.27. The summed E-state index contributed by atoms with van der Waals surface area (Å²) in [7, 11) is 1.17. The number of nitrogens with zero attached hydrogens (tertiary/aromatic N) is 1. The summed E-state index contributed by atoms with van der Waals surface area (Å²) in [5.41, 5.74) is 0. The van der Waals surface area contributed by atoms with Gasteiger partial charge in [-0.3, -0.25) is 14.2 Å². The molecule has 0 radical (unpaired) electrons. The first-order valence-corrected chi connectivity index (χ1v) is 33.9. The predicted octanol–water partition coefficient (Wildman–Crippen LogP) is 19.5. The first-order chi connectivity index (χ1) is 37.9. The van der Waals surface area contributed by atoms with Gasteiger partial charge in [0.15, 0.2) is 0 Å². The van der Waals surface area contributed by atoms with Gasteiger partial charge in [0.05, 0.1) is 33.8 Å². The van der Waals surface area contributed by atoms with Crippen LogP contribution in [0.2, 0.25) is 0 Å². The van der Waals surface area contributed by atoms with Gasteiger partial charge in [0, 0.05) is 12.8 Å². The summed E-state index contributed by atoms with van der Waals surface area (Å²) >= 11 is 0. The second kappa shape index (κ2) is 57.4. The summed E-state index contributed by atoms with van der Waals surface area (Å²) in [6.45, 7) is 6.71. The van der Waals surface area contributed by atoms with Gasteiger partial charge < -0.3 is 28.5 Å². The highest BCUT2D eigenvalue weighted by atomic mass is 31.2. The molecule has 0 aliphatic heterocycles. The van der Waals surface area contributed by atoms with Crippen LogP contribution in [-0.4, -0.2) is 69.4 Å². The second-order valence-electron chi connectivity index (χ2n) is 22.9. The first kappa shape index (κ1) is 75.2. The van der Waals surface area contributed by atoms with Crippen LogP contribution in [0.25, 0.3) is 0 Å². The fourth-order valence-electron chi connectivity index (χ4n) is 9.07. The van der Waals surface area contributed by atoms with Crippen molar-refractivity contribution in [2.45, 2.75) is 296 Å². The maximum atomic E-state index is 13.5. The summed E-state index contributed by atoms with van der Waals surface area (Å²) in [6.07, 6.45) is 75.6. The molecule has 0 aromatic rings. The number of nitrogens with one attached hydrogen (secondary N) is 1. The number of hydrogen-bond acceptors (Lipinski definition) is 7. The molecule has 0 rings (SSSR count). The number of carbonyl (C=O) groups excluding carboxylic acids is 2.